The van der Waals surface area contributed by atoms with Gasteiger partial charge in [0.05, 0.1) is 6.54 Å². The Bertz CT molecular complexity index is 504. The number of amides is 1. The van der Waals surface area contributed by atoms with E-state index in [-0.39, 0.29) is 12.5 Å². The second kappa shape index (κ2) is 5.50. The van der Waals surface area contributed by atoms with Crippen molar-refractivity contribution in [1.29, 1.82) is 0 Å². The molecule has 0 atom stereocenters. The first-order valence-electron chi connectivity index (χ1n) is 5.83. The van der Waals surface area contributed by atoms with Crippen LogP contribution >= 0.6 is 0 Å². The zero-order valence-electron chi connectivity index (χ0n) is 9.70. The summed E-state index contributed by atoms with van der Waals surface area (Å²) in [6.45, 7) is 0.739. The summed E-state index contributed by atoms with van der Waals surface area (Å²) in [6.07, 6.45) is 3.91. The average Bonchev–Trinajstić information content (AvgIpc) is 2.78. The van der Waals surface area contributed by atoms with Gasteiger partial charge in [-0.1, -0.05) is 18.2 Å². The molecule has 1 aromatic carbocycles. The Balaban J connectivity index is 1.89. The van der Waals surface area contributed by atoms with E-state index in [2.05, 4.69) is 22.4 Å². The van der Waals surface area contributed by atoms with Crippen LogP contribution < -0.4 is 11.1 Å². The second-order valence-electron chi connectivity index (χ2n) is 4.02. The number of hydrogen-bond acceptors (Lipinski definition) is 2. The number of aryl methyl sites for hydroxylation is 1. The van der Waals surface area contributed by atoms with E-state index < -0.39 is 0 Å². The first kappa shape index (κ1) is 11.7. The van der Waals surface area contributed by atoms with Crippen molar-refractivity contribution in [3.8, 4) is 0 Å². The van der Waals surface area contributed by atoms with Gasteiger partial charge in [0.25, 0.3) is 0 Å². The number of hydrogen-bond donors (Lipinski definition) is 3. The van der Waals surface area contributed by atoms with Gasteiger partial charge in [0, 0.05) is 23.6 Å². The Morgan fingerprint density at radius 3 is 3.00 bits per heavy atom. The zero-order chi connectivity index (χ0) is 12.1. The Morgan fingerprint density at radius 1 is 1.35 bits per heavy atom. The molecule has 4 nitrogen and oxygen atoms in total. The fourth-order valence-corrected chi connectivity index (χ4v) is 1.92. The lowest BCUT2D eigenvalue weighted by Crippen LogP contribution is -2.31. The molecule has 1 amide bonds. The number of carbonyl (C=O) groups excluding carboxylic acids is 1. The van der Waals surface area contributed by atoms with Crippen LogP contribution in [0, 0.1) is 0 Å². The van der Waals surface area contributed by atoms with Gasteiger partial charge in [-0.15, -0.1) is 0 Å². The molecule has 2 rings (SSSR count). The Morgan fingerprint density at radius 2 is 2.18 bits per heavy atom. The van der Waals surface area contributed by atoms with Crippen molar-refractivity contribution in [3.63, 3.8) is 0 Å². The summed E-state index contributed by atoms with van der Waals surface area (Å²) >= 11 is 0. The number of aromatic nitrogens is 1. The maximum atomic E-state index is 10.9. The molecular formula is C13H17N3O. The maximum Gasteiger partial charge on any atom is 0.233 e. The van der Waals surface area contributed by atoms with E-state index in [9.17, 15) is 4.79 Å². The van der Waals surface area contributed by atoms with Gasteiger partial charge in [0.2, 0.25) is 5.91 Å². The molecule has 90 valence electrons. The van der Waals surface area contributed by atoms with Crippen molar-refractivity contribution in [2.24, 2.45) is 5.73 Å². The average molecular weight is 231 g/mol. The minimum absolute atomic E-state index is 0.0626. The highest BCUT2D eigenvalue weighted by molar-refractivity contribution is 5.83. The van der Waals surface area contributed by atoms with Crippen molar-refractivity contribution in [1.82, 2.24) is 10.3 Å². The molecule has 2 aromatic rings. The van der Waals surface area contributed by atoms with E-state index in [4.69, 9.17) is 5.73 Å². The molecule has 0 fully saturated rings. The molecule has 4 heteroatoms. The van der Waals surface area contributed by atoms with Crippen molar-refractivity contribution >= 4 is 16.8 Å². The molecule has 0 unspecified atom stereocenters. The minimum atomic E-state index is -0.0936. The van der Waals surface area contributed by atoms with Crippen molar-refractivity contribution < 1.29 is 4.79 Å². The van der Waals surface area contributed by atoms with Gasteiger partial charge in [-0.25, -0.2) is 0 Å². The fourth-order valence-electron chi connectivity index (χ4n) is 1.92. The lowest BCUT2D eigenvalue weighted by molar-refractivity contribution is -0.119. The zero-order valence-corrected chi connectivity index (χ0v) is 9.70. The van der Waals surface area contributed by atoms with E-state index in [1.54, 1.807) is 0 Å². The lowest BCUT2D eigenvalue weighted by atomic mass is 10.1. The molecule has 0 bridgehead atoms. The number of nitrogens with one attached hydrogen (secondary N) is 2. The van der Waals surface area contributed by atoms with E-state index in [1.807, 2.05) is 18.3 Å². The third-order valence-electron chi connectivity index (χ3n) is 2.81. The van der Waals surface area contributed by atoms with Crippen LogP contribution in [0.3, 0.4) is 0 Å². The van der Waals surface area contributed by atoms with E-state index in [1.165, 1.54) is 10.9 Å². The summed E-state index contributed by atoms with van der Waals surface area (Å²) in [4.78, 5) is 14.2. The highest BCUT2D eigenvalue weighted by Gasteiger charge is 2.02. The van der Waals surface area contributed by atoms with Crippen LogP contribution in [0.5, 0.6) is 0 Å². The van der Waals surface area contributed by atoms with Gasteiger partial charge in [0.15, 0.2) is 0 Å². The monoisotopic (exact) mass is 231 g/mol. The SMILES string of the molecule is NCC(=O)NCCCc1c[nH]c2ccccc12. The summed E-state index contributed by atoms with van der Waals surface area (Å²) in [6, 6.07) is 8.23. The van der Waals surface area contributed by atoms with Gasteiger partial charge < -0.3 is 16.0 Å². The Hall–Kier alpha value is -1.81. The van der Waals surface area contributed by atoms with Crippen LogP contribution in [0.1, 0.15) is 12.0 Å². The summed E-state index contributed by atoms with van der Waals surface area (Å²) in [5, 5.41) is 4.03. The van der Waals surface area contributed by atoms with Crippen LogP contribution in [-0.4, -0.2) is 24.0 Å². The minimum Gasteiger partial charge on any atom is -0.361 e. The molecule has 1 heterocycles. The number of nitrogens with two attached hydrogens (primary N) is 1. The molecule has 1 aromatic heterocycles. The molecule has 0 aliphatic rings. The van der Waals surface area contributed by atoms with Crippen LogP contribution in [0.4, 0.5) is 0 Å². The molecule has 0 aliphatic carbocycles. The Labute approximate surface area is 100 Å². The van der Waals surface area contributed by atoms with Crippen molar-refractivity contribution in [3.05, 3.63) is 36.0 Å². The molecule has 0 saturated carbocycles. The summed E-state index contributed by atoms with van der Waals surface area (Å²) in [7, 11) is 0. The van der Waals surface area contributed by atoms with Crippen molar-refractivity contribution in [2.75, 3.05) is 13.1 Å². The Kier molecular flexibility index (Phi) is 3.77. The predicted molar refractivity (Wildman–Crippen MR) is 68.7 cm³/mol. The van der Waals surface area contributed by atoms with Gasteiger partial charge in [-0.3, -0.25) is 4.79 Å². The number of fused-ring (bicyclic) bond motifs is 1. The van der Waals surface area contributed by atoms with Gasteiger partial charge >= 0.3 is 0 Å². The summed E-state index contributed by atoms with van der Waals surface area (Å²) < 4.78 is 0. The summed E-state index contributed by atoms with van der Waals surface area (Å²) in [5.74, 6) is -0.0936. The highest BCUT2D eigenvalue weighted by atomic mass is 16.1. The lowest BCUT2D eigenvalue weighted by Gasteiger charge is -2.02. The topological polar surface area (TPSA) is 70.9 Å². The smallest absolute Gasteiger partial charge is 0.233 e. The molecule has 0 aliphatic heterocycles. The molecule has 0 spiro atoms. The van der Waals surface area contributed by atoms with Gasteiger partial charge in [-0.05, 0) is 24.5 Å². The van der Waals surface area contributed by atoms with Crippen LogP contribution in [0.15, 0.2) is 30.5 Å². The maximum absolute atomic E-state index is 10.9. The number of para-hydroxylation sites is 1. The highest BCUT2D eigenvalue weighted by Crippen LogP contribution is 2.18. The van der Waals surface area contributed by atoms with Gasteiger partial charge in [0.1, 0.15) is 0 Å². The fraction of sp³-hybridized carbons (Fsp3) is 0.308. The number of carbonyl (C=O) groups is 1. The third kappa shape index (κ3) is 2.85. The normalized spacial score (nSPS) is 10.6. The van der Waals surface area contributed by atoms with Crippen LogP contribution in [0.2, 0.25) is 0 Å². The number of aromatic amines is 1. The van der Waals surface area contributed by atoms with Crippen LogP contribution in [0.25, 0.3) is 10.9 Å². The van der Waals surface area contributed by atoms with E-state index in [0.29, 0.717) is 6.54 Å². The number of H-pyrrole nitrogens is 1. The third-order valence-corrected chi connectivity index (χ3v) is 2.81. The second-order valence-corrected chi connectivity index (χ2v) is 4.02. The molecule has 17 heavy (non-hydrogen) atoms. The molecule has 0 radical (unpaired) electrons. The van der Waals surface area contributed by atoms with Crippen LogP contribution in [-0.2, 0) is 11.2 Å². The summed E-state index contributed by atoms with van der Waals surface area (Å²) in [5.41, 5.74) is 7.66. The quantitative estimate of drug-likeness (QED) is 0.676. The predicted octanol–water partition coefficient (Wildman–Crippen LogP) is 1.18. The molecular weight excluding hydrogens is 214 g/mol. The van der Waals surface area contributed by atoms with E-state index >= 15 is 0 Å². The van der Waals surface area contributed by atoms with E-state index in [0.717, 1.165) is 18.4 Å². The first-order valence-corrected chi connectivity index (χ1v) is 5.83. The molecule has 0 saturated heterocycles. The number of rotatable bonds is 5. The molecule has 4 N–H and O–H groups in total. The van der Waals surface area contributed by atoms with Crippen molar-refractivity contribution in [2.45, 2.75) is 12.8 Å². The first-order chi connectivity index (χ1) is 8.31. The largest absolute Gasteiger partial charge is 0.361 e. The van der Waals surface area contributed by atoms with Gasteiger partial charge in [-0.2, -0.15) is 0 Å². The standard InChI is InChI=1S/C13H17N3O/c14-8-13(17)15-7-3-4-10-9-16-12-6-2-1-5-11(10)12/h1-2,5-6,9,16H,3-4,7-8,14H2,(H,15,17). The number of benzene rings is 1.